The maximum atomic E-state index is 11.0. The van der Waals surface area contributed by atoms with Gasteiger partial charge in [-0.05, 0) is 24.6 Å². The number of hydrogen-bond acceptors (Lipinski definition) is 6. The molecular formula is C12H12ClN5O2. The highest BCUT2D eigenvalue weighted by atomic mass is 35.5. The first-order chi connectivity index (χ1) is 9.47. The predicted molar refractivity (Wildman–Crippen MR) is 76.6 cm³/mol. The third kappa shape index (κ3) is 3.12. The third-order valence-corrected chi connectivity index (χ3v) is 2.88. The van der Waals surface area contributed by atoms with Crippen LogP contribution in [0.2, 0.25) is 5.02 Å². The fraction of sp³-hybridized carbons (Fsp3) is 0.167. The molecule has 0 spiro atoms. The Morgan fingerprint density at radius 1 is 1.35 bits per heavy atom. The van der Waals surface area contributed by atoms with E-state index in [0.29, 0.717) is 11.6 Å². The van der Waals surface area contributed by atoms with Crippen molar-refractivity contribution in [1.82, 2.24) is 9.97 Å². The predicted octanol–water partition coefficient (Wildman–Crippen LogP) is 2.54. The lowest BCUT2D eigenvalue weighted by Gasteiger charge is -2.08. The maximum Gasteiger partial charge on any atom is 0.332 e. The molecule has 0 bridgehead atoms. The summed E-state index contributed by atoms with van der Waals surface area (Å²) in [7, 11) is 0. The molecule has 20 heavy (non-hydrogen) atoms. The molecule has 1 aromatic heterocycles. The topological polar surface area (TPSA) is 107 Å². The normalized spacial score (nSPS) is 10.3. The van der Waals surface area contributed by atoms with E-state index in [9.17, 15) is 10.1 Å². The van der Waals surface area contributed by atoms with Crippen molar-refractivity contribution in [1.29, 1.82) is 0 Å². The van der Waals surface area contributed by atoms with Gasteiger partial charge in [0.05, 0.1) is 4.92 Å². The van der Waals surface area contributed by atoms with Gasteiger partial charge in [-0.15, -0.1) is 0 Å². The van der Waals surface area contributed by atoms with Crippen LogP contribution in [0, 0.1) is 17.0 Å². The van der Waals surface area contributed by atoms with Crippen LogP contribution < -0.4 is 11.1 Å². The van der Waals surface area contributed by atoms with Crippen LogP contribution in [-0.4, -0.2) is 14.9 Å². The average molecular weight is 294 g/mol. The molecule has 0 aliphatic carbocycles. The number of hydrogen-bond donors (Lipinski definition) is 2. The molecule has 104 valence electrons. The van der Waals surface area contributed by atoms with Gasteiger partial charge in [0.2, 0.25) is 11.8 Å². The molecule has 0 unspecified atom stereocenters. The lowest BCUT2D eigenvalue weighted by atomic mass is 10.2. The number of aromatic nitrogens is 2. The van der Waals surface area contributed by atoms with Gasteiger partial charge in [0.1, 0.15) is 5.69 Å². The van der Waals surface area contributed by atoms with Crippen molar-refractivity contribution in [3.63, 3.8) is 0 Å². The summed E-state index contributed by atoms with van der Waals surface area (Å²) in [5, 5.41) is 14.6. The van der Waals surface area contributed by atoms with Gasteiger partial charge in [-0.3, -0.25) is 10.1 Å². The van der Waals surface area contributed by atoms with Crippen LogP contribution in [0.4, 0.5) is 17.5 Å². The van der Waals surface area contributed by atoms with Gasteiger partial charge in [0.25, 0.3) is 0 Å². The second-order valence-electron chi connectivity index (χ2n) is 4.10. The summed E-state index contributed by atoms with van der Waals surface area (Å²) in [5.74, 6) is 0.0988. The number of rotatable bonds is 4. The van der Waals surface area contributed by atoms with Gasteiger partial charge >= 0.3 is 5.69 Å². The summed E-state index contributed by atoms with van der Waals surface area (Å²) in [6.07, 6.45) is 0. The van der Waals surface area contributed by atoms with Gasteiger partial charge in [0, 0.05) is 11.6 Å². The Morgan fingerprint density at radius 3 is 2.60 bits per heavy atom. The molecule has 1 aromatic carbocycles. The number of nitrogens with zero attached hydrogens (tertiary/aromatic N) is 3. The van der Waals surface area contributed by atoms with Crippen LogP contribution in [-0.2, 0) is 6.54 Å². The second kappa shape index (κ2) is 5.70. The molecule has 0 saturated carbocycles. The van der Waals surface area contributed by atoms with Gasteiger partial charge in [-0.25, -0.2) is 4.98 Å². The zero-order valence-electron chi connectivity index (χ0n) is 10.6. The second-order valence-corrected chi connectivity index (χ2v) is 4.54. The van der Waals surface area contributed by atoms with E-state index in [0.717, 1.165) is 5.56 Å². The Bertz CT molecular complexity index is 645. The summed E-state index contributed by atoms with van der Waals surface area (Å²) in [6.45, 7) is 1.89. The molecule has 2 rings (SSSR count). The summed E-state index contributed by atoms with van der Waals surface area (Å²) in [6, 6.07) is 7.12. The van der Waals surface area contributed by atoms with Crippen molar-refractivity contribution in [2.75, 3.05) is 11.1 Å². The molecule has 8 heteroatoms. The minimum atomic E-state index is -0.529. The Labute approximate surface area is 120 Å². The number of anilines is 2. The maximum absolute atomic E-state index is 11.0. The summed E-state index contributed by atoms with van der Waals surface area (Å²) in [4.78, 5) is 18.2. The van der Waals surface area contributed by atoms with Crippen LogP contribution in [0.3, 0.4) is 0 Å². The van der Waals surface area contributed by atoms with Crippen LogP contribution in [0.25, 0.3) is 0 Å². The minimum absolute atomic E-state index is 0.00768. The fourth-order valence-electron chi connectivity index (χ4n) is 1.72. The van der Waals surface area contributed by atoms with Crippen LogP contribution in [0.15, 0.2) is 24.3 Å². The van der Waals surface area contributed by atoms with Gasteiger partial charge in [-0.2, -0.15) is 4.98 Å². The van der Waals surface area contributed by atoms with Crippen molar-refractivity contribution in [2.24, 2.45) is 0 Å². The van der Waals surface area contributed by atoms with Crippen LogP contribution >= 0.6 is 11.6 Å². The Balaban J connectivity index is 2.24. The van der Waals surface area contributed by atoms with Crippen molar-refractivity contribution in [3.05, 3.63) is 50.7 Å². The third-order valence-electron chi connectivity index (χ3n) is 2.63. The SMILES string of the molecule is Cc1nc(N)nc(NCc2ccc(Cl)cc2)c1[N+](=O)[O-]. The Kier molecular flexibility index (Phi) is 3.99. The molecule has 0 aliphatic heterocycles. The number of nitro groups is 1. The highest BCUT2D eigenvalue weighted by Crippen LogP contribution is 2.26. The number of nitrogens with two attached hydrogens (primary N) is 1. The van der Waals surface area contributed by atoms with E-state index < -0.39 is 4.92 Å². The van der Waals surface area contributed by atoms with E-state index in [4.69, 9.17) is 17.3 Å². The fourth-order valence-corrected chi connectivity index (χ4v) is 1.84. The molecule has 0 fully saturated rings. The lowest BCUT2D eigenvalue weighted by Crippen LogP contribution is -2.09. The summed E-state index contributed by atoms with van der Waals surface area (Å²) >= 11 is 5.79. The van der Waals surface area contributed by atoms with E-state index in [2.05, 4.69) is 15.3 Å². The molecule has 2 aromatic rings. The monoisotopic (exact) mass is 293 g/mol. The average Bonchev–Trinajstić information content (AvgIpc) is 2.36. The highest BCUT2D eigenvalue weighted by molar-refractivity contribution is 6.30. The molecule has 0 aliphatic rings. The van der Waals surface area contributed by atoms with Crippen molar-refractivity contribution < 1.29 is 4.92 Å². The molecule has 0 atom stereocenters. The molecule has 0 radical (unpaired) electrons. The lowest BCUT2D eigenvalue weighted by molar-refractivity contribution is -0.385. The van der Waals surface area contributed by atoms with Crippen LogP contribution in [0.5, 0.6) is 0 Å². The highest BCUT2D eigenvalue weighted by Gasteiger charge is 2.21. The van der Waals surface area contributed by atoms with Gasteiger partial charge in [0.15, 0.2) is 0 Å². The smallest absolute Gasteiger partial charge is 0.332 e. The van der Waals surface area contributed by atoms with Crippen LogP contribution in [0.1, 0.15) is 11.3 Å². The zero-order valence-corrected chi connectivity index (χ0v) is 11.4. The standard InChI is InChI=1S/C12H12ClN5O2/c1-7-10(18(19)20)11(17-12(14)16-7)15-6-8-2-4-9(13)5-3-8/h2-5H,6H2,1H3,(H3,14,15,16,17). The number of benzene rings is 1. The minimum Gasteiger partial charge on any atom is -0.368 e. The largest absolute Gasteiger partial charge is 0.368 e. The van der Waals surface area contributed by atoms with E-state index in [-0.39, 0.29) is 23.1 Å². The Morgan fingerprint density at radius 2 is 2.00 bits per heavy atom. The van der Waals surface area contributed by atoms with Crippen molar-refractivity contribution in [3.8, 4) is 0 Å². The molecule has 3 N–H and O–H groups in total. The van der Waals surface area contributed by atoms with E-state index in [1.165, 1.54) is 6.92 Å². The first-order valence-electron chi connectivity index (χ1n) is 5.74. The first-order valence-corrected chi connectivity index (χ1v) is 6.12. The quantitative estimate of drug-likeness (QED) is 0.662. The first kappa shape index (κ1) is 14.0. The Hall–Kier alpha value is -2.41. The molecule has 0 saturated heterocycles. The number of aryl methyl sites for hydroxylation is 1. The number of nitrogen functional groups attached to an aromatic ring is 1. The van der Waals surface area contributed by atoms with E-state index in [1.54, 1.807) is 12.1 Å². The molecule has 7 nitrogen and oxygen atoms in total. The summed E-state index contributed by atoms with van der Waals surface area (Å²) < 4.78 is 0. The molecule has 1 heterocycles. The zero-order chi connectivity index (χ0) is 14.7. The number of halogens is 1. The van der Waals surface area contributed by atoms with Crippen molar-refractivity contribution >= 4 is 29.1 Å². The van der Waals surface area contributed by atoms with Gasteiger partial charge in [-0.1, -0.05) is 23.7 Å². The molecular weight excluding hydrogens is 282 g/mol. The molecule has 0 amide bonds. The number of nitrogens with one attached hydrogen (secondary N) is 1. The summed E-state index contributed by atoms with van der Waals surface area (Å²) in [5.41, 5.74) is 6.48. The van der Waals surface area contributed by atoms with E-state index >= 15 is 0 Å². The van der Waals surface area contributed by atoms with Crippen molar-refractivity contribution in [2.45, 2.75) is 13.5 Å². The van der Waals surface area contributed by atoms with E-state index in [1.807, 2.05) is 12.1 Å². The van der Waals surface area contributed by atoms with Gasteiger partial charge < -0.3 is 11.1 Å².